The molecule has 1 heterocycles. The Balaban J connectivity index is 2.52. The minimum atomic E-state index is -3.76. The van der Waals surface area contributed by atoms with Crippen LogP contribution in [0.15, 0.2) is 30.6 Å². The van der Waals surface area contributed by atoms with Gasteiger partial charge >= 0.3 is 5.97 Å². The molecule has 1 aromatic heterocycles. The van der Waals surface area contributed by atoms with Crippen LogP contribution in [0.5, 0.6) is 0 Å². The summed E-state index contributed by atoms with van der Waals surface area (Å²) < 4.78 is 23.2. The first-order valence-corrected chi connectivity index (χ1v) is 7.48. The highest BCUT2D eigenvalue weighted by Gasteiger charge is 2.44. The van der Waals surface area contributed by atoms with Crippen molar-refractivity contribution < 1.29 is 18.3 Å². The number of carboxylic acids is 1. The maximum absolute atomic E-state index is 11.7. The lowest BCUT2D eigenvalue weighted by atomic mass is 10.1. The lowest BCUT2D eigenvalue weighted by molar-refractivity contribution is -0.140. The van der Waals surface area contributed by atoms with Crippen LogP contribution in [0.25, 0.3) is 11.0 Å². The second kappa shape index (κ2) is 4.34. The fourth-order valence-electron chi connectivity index (χ4n) is 1.80. The molecule has 19 heavy (non-hydrogen) atoms. The Morgan fingerprint density at radius 3 is 2.63 bits per heavy atom. The highest BCUT2D eigenvalue weighted by atomic mass is 32.2. The van der Waals surface area contributed by atoms with Crippen molar-refractivity contribution in [2.24, 2.45) is 0 Å². The average molecular weight is 282 g/mol. The van der Waals surface area contributed by atoms with Crippen LogP contribution in [-0.4, -0.2) is 40.0 Å². The van der Waals surface area contributed by atoms with Crippen LogP contribution in [-0.2, 0) is 21.2 Å². The topological polar surface area (TPSA) is 89.3 Å². The summed E-state index contributed by atoms with van der Waals surface area (Å²) in [5, 5.41) is 9.23. The molecular formula is C12H14N2O4S. The van der Waals surface area contributed by atoms with Crippen LogP contribution < -0.4 is 0 Å². The van der Waals surface area contributed by atoms with E-state index in [0.717, 1.165) is 6.26 Å². The standard InChI is InChI=1S/C12H14N2O4S/c1-12(11(15)16,19(2,17)18)7-14-8-13-9-5-3-4-6-10(9)14/h3-6,8H,7H2,1-2H3,(H,15,16). The number of fused-ring (bicyclic) bond motifs is 1. The average Bonchev–Trinajstić information content (AvgIpc) is 2.71. The molecule has 1 unspecified atom stereocenters. The maximum atomic E-state index is 11.7. The lowest BCUT2D eigenvalue weighted by Gasteiger charge is -2.23. The summed E-state index contributed by atoms with van der Waals surface area (Å²) in [6, 6.07) is 7.16. The van der Waals surface area contributed by atoms with E-state index in [1.165, 1.54) is 13.3 Å². The number of nitrogens with zero attached hydrogens (tertiary/aromatic N) is 2. The van der Waals surface area contributed by atoms with Gasteiger partial charge in [0.15, 0.2) is 14.6 Å². The van der Waals surface area contributed by atoms with E-state index in [-0.39, 0.29) is 6.54 Å². The largest absolute Gasteiger partial charge is 0.480 e. The van der Waals surface area contributed by atoms with Gasteiger partial charge in [-0.2, -0.15) is 0 Å². The van der Waals surface area contributed by atoms with Gasteiger partial charge in [-0.15, -0.1) is 0 Å². The Labute approximate surface area is 110 Å². The number of benzene rings is 1. The highest BCUT2D eigenvalue weighted by Crippen LogP contribution is 2.22. The van der Waals surface area contributed by atoms with Crippen molar-refractivity contribution in [2.75, 3.05) is 6.26 Å². The molecule has 0 radical (unpaired) electrons. The number of aliphatic carboxylic acids is 1. The van der Waals surface area contributed by atoms with Gasteiger partial charge in [0.1, 0.15) is 0 Å². The van der Waals surface area contributed by atoms with Crippen molar-refractivity contribution >= 4 is 26.8 Å². The van der Waals surface area contributed by atoms with Crippen molar-refractivity contribution in [1.82, 2.24) is 9.55 Å². The van der Waals surface area contributed by atoms with Crippen molar-refractivity contribution in [2.45, 2.75) is 18.2 Å². The predicted octanol–water partition coefficient (Wildman–Crippen LogP) is 0.924. The quantitative estimate of drug-likeness (QED) is 0.900. The zero-order chi connectivity index (χ0) is 14.3. The molecule has 1 aromatic carbocycles. The van der Waals surface area contributed by atoms with E-state index in [2.05, 4.69) is 4.98 Å². The molecule has 102 valence electrons. The summed E-state index contributed by atoms with van der Waals surface area (Å²) in [4.78, 5) is 15.4. The van der Waals surface area contributed by atoms with E-state index >= 15 is 0 Å². The van der Waals surface area contributed by atoms with Crippen LogP contribution in [0.1, 0.15) is 6.92 Å². The van der Waals surface area contributed by atoms with Gasteiger partial charge in [0, 0.05) is 6.26 Å². The molecule has 0 spiro atoms. The number of rotatable bonds is 4. The summed E-state index contributed by atoms with van der Waals surface area (Å²) in [6.07, 6.45) is 2.39. The second-order valence-corrected chi connectivity index (χ2v) is 7.11. The number of aromatic nitrogens is 2. The van der Waals surface area contributed by atoms with Crippen molar-refractivity contribution in [3.8, 4) is 0 Å². The van der Waals surface area contributed by atoms with E-state index < -0.39 is 20.6 Å². The normalized spacial score (nSPS) is 15.3. The summed E-state index contributed by atoms with van der Waals surface area (Å²) in [5.74, 6) is -1.37. The minimum Gasteiger partial charge on any atom is -0.480 e. The number of sulfone groups is 1. The number of carboxylic acid groups (broad SMARTS) is 1. The second-order valence-electron chi connectivity index (χ2n) is 4.67. The van der Waals surface area contributed by atoms with Gasteiger partial charge in [0.25, 0.3) is 0 Å². The molecule has 0 aliphatic heterocycles. The molecule has 0 saturated carbocycles. The van der Waals surface area contributed by atoms with E-state index in [1.807, 2.05) is 6.07 Å². The number of para-hydroxylation sites is 2. The van der Waals surface area contributed by atoms with Gasteiger partial charge in [0.2, 0.25) is 0 Å². The van der Waals surface area contributed by atoms with Gasteiger partial charge < -0.3 is 9.67 Å². The molecule has 1 atom stereocenters. The fraction of sp³-hybridized carbons (Fsp3) is 0.333. The molecule has 0 fully saturated rings. The monoisotopic (exact) mass is 282 g/mol. The van der Waals surface area contributed by atoms with E-state index in [9.17, 15) is 18.3 Å². The molecule has 0 amide bonds. The molecule has 2 rings (SSSR count). The molecule has 0 aliphatic carbocycles. The molecule has 0 saturated heterocycles. The first kappa shape index (κ1) is 13.5. The third kappa shape index (κ3) is 2.21. The molecule has 0 bridgehead atoms. The number of carbonyl (C=O) groups is 1. The first-order chi connectivity index (χ1) is 8.75. The smallest absolute Gasteiger partial charge is 0.326 e. The Hall–Kier alpha value is -1.89. The van der Waals surface area contributed by atoms with E-state index in [4.69, 9.17) is 0 Å². The predicted molar refractivity (Wildman–Crippen MR) is 70.6 cm³/mol. The Kier molecular flexibility index (Phi) is 3.09. The van der Waals surface area contributed by atoms with Crippen molar-refractivity contribution in [1.29, 1.82) is 0 Å². The molecule has 2 aromatic rings. The Morgan fingerprint density at radius 2 is 2.05 bits per heavy atom. The first-order valence-electron chi connectivity index (χ1n) is 5.58. The zero-order valence-electron chi connectivity index (χ0n) is 10.6. The van der Waals surface area contributed by atoms with Gasteiger partial charge in [-0.1, -0.05) is 12.1 Å². The molecule has 0 aliphatic rings. The third-order valence-electron chi connectivity index (χ3n) is 3.27. The van der Waals surface area contributed by atoms with E-state index in [1.54, 1.807) is 22.8 Å². The Morgan fingerprint density at radius 1 is 1.42 bits per heavy atom. The van der Waals surface area contributed by atoms with Crippen LogP contribution in [0.3, 0.4) is 0 Å². The van der Waals surface area contributed by atoms with Crippen LogP contribution in [0.4, 0.5) is 0 Å². The summed E-state index contributed by atoms with van der Waals surface area (Å²) in [6.45, 7) is 1.03. The summed E-state index contributed by atoms with van der Waals surface area (Å²) in [7, 11) is -3.76. The molecule has 1 N–H and O–H groups in total. The fourth-order valence-corrected chi connectivity index (χ4v) is 2.50. The Bertz CT molecular complexity index is 735. The van der Waals surface area contributed by atoms with Gasteiger partial charge in [-0.25, -0.2) is 13.4 Å². The number of imidazole rings is 1. The van der Waals surface area contributed by atoms with Crippen molar-refractivity contribution in [3.05, 3.63) is 30.6 Å². The lowest BCUT2D eigenvalue weighted by Crippen LogP contribution is -2.46. The van der Waals surface area contributed by atoms with Crippen LogP contribution in [0.2, 0.25) is 0 Å². The van der Waals surface area contributed by atoms with Gasteiger partial charge in [-0.3, -0.25) is 4.79 Å². The SMILES string of the molecule is CC(Cn1cnc2ccccc21)(C(=O)O)S(C)(=O)=O. The third-order valence-corrected chi connectivity index (χ3v) is 5.21. The molecular weight excluding hydrogens is 268 g/mol. The van der Waals surface area contributed by atoms with E-state index in [0.29, 0.717) is 11.0 Å². The number of hydrogen-bond donors (Lipinski definition) is 1. The van der Waals surface area contributed by atoms with Gasteiger partial charge in [-0.05, 0) is 19.1 Å². The zero-order valence-corrected chi connectivity index (χ0v) is 11.4. The molecule has 6 nitrogen and oxygen atoms in total. The van der Waals surface area contributed by atoms with Crippen LogP contribution in [0, 0.1) is 0 Å². The highest BCUT2D eigenvalue weighted by molar-refractivity contribution is 7.92. The minimum absolute atomic E-state index is 0.179. The number of hydrogen-bond acceptors (Lipinski definition) is 4. The van der Waals surface area contributed by atoms with Crippen LogP contribution >= 0.6 is 0 Å². The van der Waals surface area contributed by atoms with Crippen molar-refractivity contribution in [3.63, 3.8) is 0 Å². The summed E-state index contributed by atoms with van der Waals surface area (Å²) >= 11 is 0. The van der Waals surface area contributed by atoms with Gasteiger partial charge in [0.05, 0.1) is 23.9 Å². The summed E-state index contributed by atoms with van der Waals surface area (Å²) in [5.41, 5.74) is 1.40. The molecule has 7 heteroatoms. The maximum Gasteiger partial charge on any atom is 0.326 e.